The lowest BCUT2D eigenvalue weighted by atomic mass is 10.2. The SMILES string of the molecule is Cc1ccc(S(=O)(=O)NC(=O)[C@H](C)NC(=O)OCc2ccccc2)cc1. The smallest absolute Gasteiger partial charge is 0.408 e. The van der Waals surface area contributed by atoms with Gasteiger partial charge in [-0.3, -0.25) is 4.79 Å². The second kappa shape index (κ2) is 8.48. The second-order valence-corrected chi connectivity index (χ2v) is 7.39. The molecule has 0 unspecified atom stereocenters. The molecule has 26 heavy (non-hydrogen) atoms. The number of benzene rings is 2. The van der Waals surface area contributed by atoms with Crippen LogP contribution in [0.4, 0.5) is 4.79 Å². The number of carbonyl (C=O) groups excluding carboxylic acids is 2. The van der Waals surface area contributed by atoms with Crippen molar-refractivity contribution in [3.8, 4) is 0 Å². The van der Waals surface area contributed by atoms with Gasteiger partial charge < -0.3 is 10.1 Å². The molecule has 1 atom stereocenters. The number of hydrogen-bond acceptors (Lipinski definition) is 5. The van der Waals surface area contributed by atoms with Gasteiger partial charge in [-0.25, -0.2) is 17.9 Å². The van der Waals surface area contributed by atoms with E-state index in [-0.39, 0.29) is 11.5 Å². The Morgan fingerprint density at radius 1 is 1.04 bits per heavy atom. The number of aryl methyl sites for hydroxylation is 1. The van der Waals surface area contributed by atoms with Crippen LogP contribution in [-0.2, 0) is 26.2 Å². The summed E-state index contributed by atoms with van der Waals surface area (Å²) in [4.78, 5) is 23.8. The van der Waals surface area contributed by atoms with Crippen LogP contribution in [0.2, 0.25) is 0 Å². The fourth-order valence-electron chi connectivity index (χ4n) is 2.00. The molecule has 0 saturated carbocycles. The lowest BCUT2D eigenvalue weighted by Gasteiger charge is -2.14. The summed E-state index contributed by atoms with van der Waals surface area (Å²) in [5, 5.41) is 2.30. The fraction of sp³-hybridized carbons (Fsp3) is 0.222. The minimum Gasteiger partial charge on any atom is -0.445 e. The molecule has 138 valence electrons. The molecule has 0 radical (unpaired) electrons. The zero-order valence-corrected chi connectivity index (χ0v) is 15.2. The Balaban J connectivity index is 1.88. The minimum absolute atomic E-state index is 0.0321. The molecule has 0 bridgehead atoms. The molecule has 0 aliphatic rings. The van der Waals surface area contributed by atoms with Crippen molar-refractivity contribution in [1.29, 1.82) is 0 Å². The normalized spacial score (nSPS) is 12.1. The molecular weight excluding hydrogens is 356 g/mol. The number of ether oxygens (including phenoxy) is 1. The number of alkyl carbamates (subject to hydrolysis) is 1. The first-order valence-corrected chi connectivity index (χ1v) is 9.37. The van der Waals surface area contributed by atoms with E-state index in [0.717, 1.165) is 11.1 Å². The van der Waals surface area contributed by atoms with Crippen LogP contribution in [0, 0.1) is 6.92 Å². The first-order chi connectivity index (χ1) is 12.3. The Morgan fingerprint density at radius 3 is 2.27 bits per heavy atom. The van der Waals surface area contributed by atoms with Crippen molar-refractivity contribution in [3.05, 3.63) is 65.7 Å². The van der Waals surface area contributed by atoms with Crippen molar-refractivity contribution >= 4 is 22.0 Å². The molecule has 0 fully saturated rings. The zero-order chi connectivity index (χ0) is 19.2. The average Bonchev–Trinajstić information content (AvgIpc) is 2.61. The largest absolute Gasteiger partial charge is 0.445 e. The number of nitrogens with one attached hydrogen (secondary N) is 2. The van der Waals surface area contributed by atoms with Gasteiger partial charge >= 0.3 is 6.09 Å². The van der Waals surface area contributed by atoms with Crippen LogP contribution in [0.15, 0.2) is 59.5 Å². The number of amides is 2. The summed E-state index contributed by atoms with van der Waals surface area (Å²) in [5.41, 5.74) is 1.69. The van der Waals surface area contributed by atoms with Crippen molar-refractivity contribution < 1.29 is 22.7 Å². The van der Waals surface area contributed by atoms with E-state index >= 15 is 0 Å². The van der Waals surface area contributed by atoms with E-state index in [1.54, 1.807) is 24.3 Å². The van der Waals surface area contributed by atoms with E-state index < -0.39 is 28.1 Å². The molecular formula is C18H20N2O5S. The molecule has 7 nitrogen and oxygen atoms in total. The zero-order valence-electron chi connectivity index (χ0n) is 14.4. The van der Waals surface area contributed by atoms with Gasteiger partial charge in [0, 0.05) is 0 Å². The highest BCUT2D eigenvalue weighted by molar-refractivity contribution is 7.90. The Labute approximate surface area is 152 Å². The van der Waals surface area contributed by atoms with Gasteiger partial charge in [0.25, 0.3) is 15.9 Å². The van der Waals surface area contributed by atoms with Crippen molar-refractivity contribution in [1.82, 2.24) is 10.0 Å². The van der Waals surface area contributed by atoms with Gasteiger partial charge in [0.1, 0.15) is 12.6 Å². The first-order valence-electron chi connectivity index (χ1n) is 7.88. The van der Waals surface area contributed by atoms with Gasteiger partial charge in [-0.15, -0.1) is 0 Å². The lowest BCUT2D eigenvalue weighted by molar-refractivity contribution is -0.120. The molecule has 2 N–H and O–H groups in total. The summed E-state index contributed by atoms with van der Waals surface area (Å²) in [6.07, 6.45) is -0.816. The van der Waals surface area contributed by atoms with Gasteiger partial charge in [0.05, 0.1) is 4.90 Å². The van der Waals surface area contributed by atoms with Crippen molar-refractivity contribution in [2.45, 2.75) is 31.4 Å². The van der Waals surface area contributed by atoms with E-state index in [4.69, 9.17) is 4.74 Å². The van der Waals surface area contributed by atoms with Crippen LogP contribution in [0.3, 0.4) is 0 Å². The third-order valence-electron chi connectivity index (χ3n) is 3.51. The van der Waals surface area contributed by atoms with Crippen LogP contribution in [0.5, 0.6) is 0 Å². The molecule has 2 aromatic carbocycles. The topological polar surface area (TPSA) is 102 Å². The Hall–Kier alpha value is -2.87. The summed E-state index contributed by atoms with van der Waals surface area (Å²) >= 11 is 0. The Kier molecular flexibility index (Phi) is 6.35. The molecule has 0 aromatic heterocycles. The van der Waals surface area contributed by atoms with E-state index in [0.29, 0.717) is 0 Å². The van der Waals surface area contributed by atoms with Gasteiger partial charge in [-0.2, -0.15) is 0 Å². The summed E-state index contributed by atoms with van der Waals surface area (Å²) in [6.45, 7) is 3.23. The van der Waals surface area contributed by atoms with Crippen molar-refractivity contribution in [3.63, 3.8) is 0 Å². The van der Waals surface area contributed by atoms with Crippen molar-refractivity contribution in [2.75, 3.05) is 0 Å². The second-order valence-electron chi connectivity index (χ2n) is 5.71. The van der Waals surface area contributed by atoms with Gasteiger partial charge in [0.2, 0.25) is 0 Å². The molecule has 0 saturated heterocycles. The molecule has 0 aliphatic carbocycles. The third kappa shape index (κ3) is 5.59. The van der Waals surface area contributed by atoms with E-state index in [1.165, 1.54) is 19.1 Å². The van der Waals surface area contributed by atoms with E-state index in [2.05, 4.69) is 5.32 Å². The molecule has 0 spiro atoms. The highest BCUT2D eigenvalue weighted by atomic mass is 32.2. The summed E-state index contributed by atoms with van der Waals surface area (Å²) in [6, 6.07) is 14.0. The maximum absolute atomic E-state index is 12.2. The van der Waals surface area contributed by atoms with Gasteiger partial charge in [-0.1, -0.05) is 48.0 Å². The molecule has 0 aliphatic heterocycles. The first kappa shape index (κ1) is 19.5. The molecule has 2 amide bonds. The predicted molar refractivity (Wildman–Crippen MR) is 95.7 cm³/mol. The van der Waals surface area contributed by atoms with E-state index in [9.17, 15) is 18.0 Å². The van der Waals surface area contributed by atoms with Crippen LogP contribution >= 0.6 is 0 Å². The van der Waals surface area contributed by atoms with Crippen molar-refractivity contribution in [2.24, 2.45) is 0 Å². The summed E-state index contributed by atoms with van der Waals surface area (Å²) in [5.74, 6) is -0.859. The fourth-order valence-corrected chi connectivity index (χ4v) is 3.06. The maximum atomic E-state index is 12.2. The molecule has 2 rings (SSSR count). The standard InChI is InChI=1S/C18H20N2O5S/c1-13-8-10-16(11-9-13)26(23,24)20-17(21)14(2)19-18(22)25-12-15-6-4-3-5-7-15/h3-11,14H,12H2,1-2H3,(H,19,22)(H,20,21)/t14-/m0/s1. The monoisotopic (exact) mass is 376 g/mol. The molecule has 8 heteroatoms. The quantitative estimate of drug-likeness (QED) is 0.804. The van der Waals surface area contributed by atoms with Crippen LogP contribution in [0.1, 0.15) is 18.1 Å². The summed E-state index contributed by atoms with van der Waals surface area (Å²) < 4.78 is 31.3. The molecule has 2 aromatic rings. The number of hydrogen-bond donors (Lipinski definition) is 2. The maximum Gasteiger partial charge on any atom is 0.408 e. The van der Waals surface area contributed by atoms with Crippen LogP contribution < -0.4 is 10.0 Å². The number of sulfonamides is 1. The lowest BCUT2D eigenvalue weighted by Crippen LogP contribution is -2.46. The average molecular weight is 376 g/mol. The minimum atomic E-state index is -4.00. The third-order valence-corrected chi connectivity index (χ3v) is 4.87. The Morgan fingerprint density at radius 2 is 1.65 bits per heavy atom. The van der Waals surface area contributed by atoms with Crippen LogP contribution in [0.25, 0.3) is 0 Å². The predicted octanol–water partition coefficient (Wildman–Crippen LogP) is 2.11. The Bertz CT molecular complexity index is 864. The van der Waals surface area contributed by atoms with Crippen LogP contribution in [-0.4, -0.2) is 26.5 Å². The number of rotatable bonds is 6. The van der Waals surface area contributed by atoms with E-state index in [1.807, 2.05) is 29.8 Å². The highest BCUT2D eigenvalue weighted by Gasteiger charge is 2.23. The van der Waals surface area contributed by atoms with Gasteiger partial charge in [-0.05, 0) is 31.5 Å². The number of carbonyl (C=O) groups is 2. The van der Waals surface area contributed by atoms with Gasteiger partial charge in [0.15, 0.2) is 0 Å². The molecule has 0 heterocycles. The highest BCUT2D eigenvalue weighted by Crippen LogP contribution is 2.10. The summed E-state index contributed by atoms with van der Waals surface area (Å²) in [7, 11) is -4.00.